The molecule has 76 valence electrons. The highest BCUT2D eigenvalue weighted by atomic mass is 127. The molecule has 0 unspecified atom stereocenters. The summed E-state index contributed by atoms with van der Waals surface area (Å²) in [6.45, 7) is 3.17. The van der Waals surface area contributed by atoms with Crippen molar-refractivity contribution in [3.05, 3.63) is 18.0 Å². The van der Waals surface area contributed by atoms with Crippen molar-refractivity contribution in [2.75, 3.05) is 0 Å². The number of rotatable bonds is 1. The van der Waals surface area contributed by atoms with Crippen molar-refractivity contribution >= 4 is 62.8 Å². The van der Waals surface area contributed by atoms with Crippen molar-refractivity contribution in [2.45, 2.75) is 13.8 Å². The van der Waals surface area contributed by atoms with E-state index in [0.29, 0.717) is 14.5 Å². The van der Waals surface area contributed by atoms with Crippen molar-refractivity contribution in [3.8, 4) is 5.75 Å². The number of carbonyl (C=O) groups is 1. The maximum atomic E-state index is 10.8. The van der Waals surface area contributed by atoms with Gasteiger partial charge in [-0.15, -0.1) is 0 Å². The molecule has 1 aromatic rings. The Kier molecular flexibility index (Phi) is 4.38. The summed E-state index contributed by atoms with van der Waals surface area (Å²) in [6, 6.07) is 0. The third-order valence-electron chi connectivity index (χ3n) is 1.41. The third-order valence-corrected chi connectivity index (χ3v) is 4.27. The van der Waals surface area contributed by atoms with Crippen LogP contribution in [-0.4, -0.2) is 11.0 Å². The highest BCUT2D eigenvalue weighted by molar-refractivity contribution is 14.1. The topological polar surface area (TPSA) is 39.2 Å². The summed E-state index contributed by atoms with van der Waals surface area (Å²) >= 11 is 9.94. The van der Waals surface area contributed by atoms with Crippen LogP contribution in [0.15, 0.2) is 0 Å². The van der Waals surface area contributed by atoms with Gasteiger partial charge in [-0.1, -0.05) is 11.6 Å². The number of nitrogens with zero attached hydrogens (tertiary/aromatic N) is 1. The molecule has 0 aliphatic rings. The minimum atomic E-state index is -0.359. The van der Waals surface area contributed by atoms with Crippen LogP contribution < -0.4 is 4.74 Å². The second kappa shape index (κ2) is 4.93. The molecule has 1 aromatic heterocycles. The zero-order valence-corrected chi connectivity index (χ0v) is 12.5. The molecule has 1 heterocycles. The molecule has 1 rings (SSSR count). The van der Waals surface area contributed by atoms with E-state index in [0.717, 1.165) is 9.26 Å². The van der Waals surface area contributed by atoms with Gasteiger partial charge in [0.25, 0.3) is 0 Å². The number of hydrogen-bond donors (Lipinski definition) is 0. The van der Waals surface area contributed by atoms with E-state index in [2.05, 4.69) is 27.6 Å². The average molecular weight is 437 g/mol. The molecule has 0 atom stereocenters. The Labute approximate surface area is 114 Å². The van der Waals surface area contributed by atoms with Gasteiger partial charge in [-0.2, -0.15) is 0 Å². The average Bonchev–Trinajstić information content (AvgIpc) is 2.09. The quantitative estimate of drug-likeness (QED) is 0.385. The first-order chi connectivity index (χ1) is 6.43. The lowest BCUT2D eigenvalue weighted by Crippen LogP contribution is -2.06. The molecule has 14 heavy (non-hydrogen) atoms. The number of hydrogen-bond acceptors (Lipinski definition) is 3. The maximum absolute atomic E-state index is 10.8. The normalized spacial score (nSPS) is 10.1. The summed E-state index contributed by atoms with van der Waals surface area (Å²) in [6.07, 6.45) is 0. The van der Waals surface area contributed by atoms with Crippen LogP contribution in [0.4, 0.5) is 0 Å². The highest BCUT2D eigenvalue weighted by Gasteiger charge is 2.15. The summed E-state index contributed by atoms with van der Waals surface area (Å²) in [5, 5.41) is 0.361. The maximum Gasteiger partial charge on any atom is 0.308 e. The van der Waals surface area contributed by atoms with Gasteiger partial charge in [-0.05, 0) is 52.1 Å². The Morgan fingerprint density at radius 2 is 2.00 bits per heavy atom. The van der Waals surface area contributed by atoms with E-state index in [-0.39, 0.29) is 5.97 Å². The predicted octanol–water partition coefficient (Wildman–Crippen LogP) is 3.18. The molecule has 0 saturated heterocycles. The first kappa shape index (κ1) is 12.4. The Balaban J connectivity index is 3.31. The van der Waals surface area contributed by atoms with Crippen LogP contribution in [0.5, 0.6) is 5.75 Å². The Hall–Kier alpha value is 0.370. The molecule has 0 saturated carbocycles. The van der Waals surface area contributed by atoms with Gasteiger partial charge in [0, 0.05) is 6.92 Å². The minimum absolute atomic E-state index is 0.359. The highest BCUT2D eigenvalue weighted by Crippen LogP contribution is 2.33. The molecule has 0 aliphatic heterocycles. The van der Waals surface area contributed by atoms with E-state index in [9.17, 15) is 4.79 Å². The SMILES string of the molecule is CC(=O)Oc1c(I)c(C)nc(Cl)c1I. The minimum Gasteiger partial charge on any atom is -0.424 e. The van der Waals surface area contributed by atoms with Gasteiger partial charge >= 0.3 is 5.97 Å². The Morgan fingerprint density at radius 1 is 1.43 bits per heavy atom. The standard InChI is InChI=1S/C8H6ClI2NO2/c1-3-5(10)7(14-4(2)13)6(11)8(9)12-3/h1-2H3. The number of aromatic nitrogens is 1. The number of ether oxygens (including phenoxy) is 1. The number of carbonyl (C=O) groups excluding carboxylic acids is 1. The van der Waals surface area contributed by atoms with E-state index in [4.69, 9.17) is 16.3 Å². The van der Waals surface area contributed by atoms with Crippen molar-refractivity contribution in [1.82, 2.24) is 4.98 Å². The van der Waals surface area contributed by atoms with E-state index < -0.39 is 0 Å². The van der Waals surface area contributed by atoms with Crippen molar-refractivity contribution in [2.24, 2.45) is 0 Å². The molecule has 6 heteroatoms. The van der Waals surface area contributed by atoms with Gasteiger partial charge in [0.2, 0.25) is 0 Å². The summed E-state index contributed by atoms with van der Waals surface area (Å²) in [4.78, 5) is 14.9. The molecular formula is C8H6ClI2NO2. The van der Waals surface area contributed by atoms with Gasteiger partial charge < -0.3 is 4.74 Å². The lowest BCUT2D eigenvalue weighted by atomic mass is 10.3. The Morgan fingerprint density at radius 3 is 2.50 bits per heavy atom. The largest absolute Gasteiger partial charge is 0.424 e. The first-order valence-corrected chi connectivity index (χ1v) is 6.16. The molecule has 0 fully saturated rings. The molecule has 0 spiro atoms. The summed E-state index contributed by atoms with van der Waals surface area (Å²) in [5.41, 5.74) is 0.757. The zero-order valence-electron chi connectivity index (χ0n) is 7.40. The monoisotopic (exact) mass is 437 g/mol. The van der Waals surface area contributed by atoms with Gasteiger partial charge in [-0.3, -0.25) is 4.79 Å². The Bertz CT molecular complexity index is 369. The van der Waals surface area contributed by atoms with Gasteiger partial charge in [0.05, 0.1) is 12.8 Å². The first-order valence-electron chi connectivity index (χ1n) is 3.63. The van der Waals surface area contributed by atoms with E-state index in [1.54, 1.807) is 0 Å². The third kappa shape index (κ3) is 2.69. The van der Waals surface area contributed by atoms with E-state index in [1.165, 1.54) is 6.92 Å². The molecule has 0 amide bonds. The van der Waals surface area contributed by atoms with Crippen LogP contribution in [0.2, 0.25) is 5.15 Å². The lowest BCUT2D eigenvalue weighted by molar-refractivity contribution is -0.132. The molecule has 0 bridgehead atoms. The number of halogens is 3. The number of esters is 1. The summed E-state index contributed by atoms with van der Waals surface area (Å²) < 4.78 is 6.53. The molecular weight excluding hydrogens is 431 g/mol. The van der Waals surface area contributed by atoms with Gasteiger partial charge in [0.1, 0.15) is 5.15 Å². The zero-order chi connectivity index (χ0) is 10.9. The van der Waals surface area contributed by atoms with Crippen molar-refractivity contribution in [3.63, 3.8) is 0 Å². The van der Waals surface area contributed by atoms with Gasteiger partial charge in [0.15, 0.2) is 5.75 Å². The lowest BCUT2D eigenvalue weighted by Gasteiger charge is -2.09. The second-order valence-corrected chi connectivity index (χ2v) is 5.05. The molecule has 0 aliphatic carbocycles. The fourth-order valence-electron chi connectivity index (χ4n) is 0.833. The molecule has 0 N–H and O–H groups in total. The van der Waals surface area contributed by atoms with Crippen LogP contribution in [0.25, 0.3) is 0 Å². The van der Waals surface area contributed by atoms with Crippen molar-refractivity contribution < 1.29 is 9.53 Å². The van der Waals surface area contributed by atoms with Gasteiger partial charge in [-0.25, -0.2) is 4.98 Å². The van der Waals surface area contributed by atoms with E-state index >= 15 is 0 Å². The van der Waals surface area contributed by atoms with Crippen LogP contribution in [0.3, 0.4) is 0 Å². The number of aryl methyl sites for hydroxylation is 1. The van der Waals surface area contributed by atoms with Crippen LogP contribution in [0.1, 0.15) is 12.6 Å². The molecule has 3 nitrogen and oxygen atoms in total. The molecule has 0 aromatic carbocycles. The smallest absolute Gasteiger partial charge is 0.308 e. The fourth-order valence-corrected chi connectivity index (χ4v) is 2.56. The van der Waals surface area contributed by atoms with Crippen molar-refractivity contribution in [1.29, 1.82) is 0 Å². The van der Waals surface area contributed by atoms with Crippen LogP contribution >= 0.6 is 56.8 Å². The van der Waals surface area contributed by atoms with Crippen LogP contribution in [-0.2, 0) is 4.79 Å². The predicted molar refractivity (Wildman–Crippen MR) is 70.7 cm³/mol. The summed E-state index contributed by atoms with van der Waals surface area (Å²) in [7, 11) is 0. The number of pyridine rings is 1. The van der Waals surface area contributed by atoms with E-state index in [1.807, 2.05) is 29.5 Å². The fraction of sp³-hybridized carbons (Fsp3) is 0.250. The molecule has 0 radical (unpaired) electrons. The second-order valence-electron chi connectivity index (χ2n) is 2.54. The summed E-state index contributed by atoms with van der Waals surface area (Å²) in [5.74, 6) is 0.138. The van der Waals surface area contributed by atoms with Crippen LogP contribution in [0, 0.1) is 14.1 Å².